The molecule has 2 N–H and O–H groups in total. The van der Waals surface area contributed by atoms with Gasteiger partial charge in [-0.1, -0.05) is 53.2 Å². The van der Waals surface area contributed by atoms with Crippen LogP contribution in [0.5, 0.6) is 11.5 Å². The Kier molecular flexibility index (Phi) is 10.0. The zero-order valence-electron chi connectivity index (χ0n) is 21.0. The quantitative estimate of drug-likeness (QED) is 0.189. The van der Waals surface area contributed by atoms with Crippen LogP contribution >= 0.6 is 23.2 Å². The van der Waals surface area contributed by atoms with Gasteiger partial charge in [-0.3, -0.25) is 9.35 Å². The van der Waals surface area contributed by atoms with Crippen LogP contribution < -0.4 is 44.7 Å². The van der Waals surface area contributed by atoms with Gasteiger partial charge >= 0.3 is 29.6 Å². The Balaban J connectivity index is 0.00000420. The van der Waals surface area contributed by atoms with Crippen molar-refractivity contribution in [1.29, 1.82) is 0 Å². The maximum atomic E-state index is 13.4. The summed E-state index contributed by atoms with van der Waals surface area (Å²) in [4.78, 5) is 12.7. The Morgan fingerprint density at radius 3 is 2.38 bits per heavy atom. The maximum Gasteiger partial charge on any atom is 1.00 e. The van der Waals surface area contributed by atoms with Crippen LogP contribution in [0.25, 0.3) is 10.8 Å². The second kappa shape index (κ2) is 12.6. The first-order valence-corrected chi connectivity index (χ1v) is 13.3. The molecule has 0 fully saturated rings. The van der Waals surface area contributed by atoms with E-state index in [9.17, 15) is 22.9 Å². The van der Waals surface area contributed by atoms with Crippen molar-refractivity contribution in [3.8, 4) is 11.5 Å². The fraction of sp³-hybridized carbons (Fsp3) is 0.115. The van der Waals surface area contributed by atoms with E-state index in [1.54, 1.807) is 49.4 Å². The molecule has 0 unspecified atom stereocenters. The third-order valence-corrected chi connectivity index (χ3v) is 6.92. The summed E-state index contributed by atoms with van der Waals surface area (Å²) < 4.78 is 37.7. The number of rotatable bonds is 7. The number of hydrogen-bond donors (Lipinski definition) is 2. The molecule has 13 heteroatoms. The van der Waals surface area contributed by atoms with Gasteiger partial charge in [-0.25, -0.2) is 0 Å². The van der Waals surface area contributed by atoms with E-state index in [1.807, 2.05) is 0 Å². The van der Waals surface area contributed by atoms with Crippen LogP contribution in [0.3, 0.4) is 0 Å². The molecule has 0 aliphatic rings. The molecule has 4 rings (SSSR count). The number of ether oxygens (including phenoxy) is 1. The summed E-state index contributed by atoms with van der Waals surface area (Å²) >= 11 is 12.3. The molecule has 39 heavy (non-hydrogen) atoms. The van der Waals surface area contributed by atoms with Gasteiger partial charge in [0, 0.05) is 22.7 Å². The summed E-state index contributed by atoms with van der Waals surface area (Å²) in [6, 6.07) is 15.2. The van der Waals surface area contributed by atoms with Gasteiger partial charge < -0.3 is 15.2 Å². The van der Waals surface area contributed by atoms with Gasteiger partial charge in [0.2, 0.25) is 0 Å². The van der Waals surface area contributed by atoms with Crippen molar-refractivity contribution in [3.63, 3.8) is 0 Å². The van der Waals surface area contributed by atoms with Crippen molar-refractivity contribution in [2.75, 3.05) is 11.9 Å². The molecular formula is C26H20Cl2N3NaO6S. The first-order valence-electron chi connectivity index (χ1n) is 11.2. The molecule has 0 aromatic heterocycles. The summed E-state index contributed by atoms with van der Waals surface area (Å²) in [5.41, 5.74) is 0.498. The molecule has 0 heterocycles. The fourth-order valence-corrected chi connectivity index (χ4v) is 4.84. The third kappa shape index (κ3) is 6.90. The summed E-state index contributed by atoms with van der Waals surface area (Å²) in [6.45, 7) is 3.70. The van der Waals surface area contributed by atoms with Crippen LogP contribution in [-0.2, 0) is 10.1 Å². The molecule has 0 bridgehead atoms. The van der Waals surface area contributed by atoms with Gasteiger partial charge in [0.15, 0.2) is 0 Å². The van der Waals surface area contributed by atoms with Crippen LogP contribution in [-0.4, -0.2) is 25.5 Å². The Labute approximate surface area is 256 Å². The largest absolute Gasteiger partial charge is 1.00 e. The van der Waals surface area contributed by atoms with Gasteiger partial charge in [-0.15, -0.1) is 5.11 Å². The Morgan fingerprint density at radius 2 is 1.72 bits per heavy atom. The topological polar surface area (TPSA) is 140 Å². The third-order valence-electron chi connectivity index (χ3n) is 5.48. The van der Waals surface area contributed by atoms with E-state index in [1.165, 1.54) is 19.1 Å². The van der Waals surface area contributed by atoms with Gasteiger partial charge in [0.05, 0.1) is 27.2 Å². The van der Waals surface area contributed by atoms with Crippen molar-refractivity contribution < 1.29 is 57.2 Å². The predicted octanol–water partition coefficient (Wildman–Crippen LogP) is 3.85. The van der Waals surface area contributed by atoms with E-state index in [4.69, 9.17) is 27.9 Å². The smallest absolute Gasteiger partial charge is 0.870 e. The Hall–Kier alpha value is -2.70. The first kappa shape index (κ1) is 30.8. The number of hydrogen-bond acceptors (Lipinski definition) is 7. The van der Waals surface area contributed by atoms with Crippen molar-refractivity contribution in [2.45, 2.75) is 18.7 Å². The minimum atomic E-state index is -4.48. The number of fused-ring (bicyclic) bond motifs is 1. The molecule has 0 saturated heterocycles. The summed E-state index contributed by atoms with van der Waals surface area (Å²) in [5.74, 6) is -0.962. The van der Waals surface area contributed by atoms with Crippen LogP contribution in [0.4, 0.5) is 17.1 Å². The zero-order chi connectivity index (χ0) is 27.6. The molecule has 0 saturated carbocycles. The van der Waals surface area contributed by atoms with E-state index in [-0.39, 0.29) is 51.5 Å². The second-order valence-corrected chi connectivity index (χ2v) is 10.3. The number of halogens is 2. The molecule has 0 spiro atoms. The maximum absolute atomic E-state index is 13.4. The van der Waals surface area contributed by atoms with Gasteiger partial charge in [-0.05, 0) is 55.1 Å². The summed E-state index contributed by atoms with van der Waals surface area (Å²) in [5, 5.41) is 25.6. The van der Waals surface area contributed by atoms with Crippen molar-refractivity contribution in [1.82, 2.24) is 0 Å². The molecule has 0 radical (unpaired) electrons. The molecule has 4 aromatic rings. The van der Waals surface area contributed by atoms with Crippen molar-refractivity contribution >= 4 is 67.1 Å². The first-order chi connectivity index (χ1) is 18.0. The Morgan fingerprint density at radius 1 is 1.03 bits per heavy atom. The fourth-order valence-electron chi connectivity index (χ4n) is 3.70. The average Bonchev–Trinajstić information content (AvgIpc) is 2.85. The van der Waals surface area contributed by atoms with Crippen LogP contribution in [0.2, 0.25) is 10.0 Å². The normalized spacial score (nSPS) is 11.4. The molecule has 0 atom stereocenters. The van der Waals surface area contributed by atoms with E-state index >= 15 is 0 Å². The molecular weight excluding hydrogens is 576 g/mol. The van der Waals surface area contributed by atoms with Crippen LogP contribution in [0.15, 0.2) is 75.8 Å². The van der Waals surface area contributed by atoms with Crippen LogP contribution in [0, 0.1) is 6.92 Å². The average molecular weight is 596 g/mol. The van der Waals surface area contributed by atoms with E-state index in [2.05, 4.69) is 15.5 Å². The monoisotopic (exact) mass is 595 g/mol. The number of anilines is 1. The second-order valence-electron chi connectivity index (χ2n) is 8.10. The number of benzene rings is 4. The van der Waals surface area contributed by atoms with Crippen molar-refractivity contribution in [2.24, 2.45) is 10.2 Å². The van der Waals surface area contributed by atoms with Crippen molar-refractivity contribution in [3.05, 3.63) is 81.8 Å². The number of nitrogens with one attached hydrogen (secondary N) is 1. The van der Waals surface area contributed by atoms with Crippen LogP contribution in [0.1, 0.15) is 22.8 Å². The minimum absolute atomic E-state index is 0. The van der Waals surface area contributed by atoms with E-state index in [0.29, 0.717) is 39.4 Å². The van der Waals surface area contributed by atoms with E-state index in [0.717, 1.165) is 6.07 Å². The standard InChI is InChI=1S/C26H21Cl2N3O6S.Na/c1-3-37-22-12-16(8-9-20(22)27)29-26(33)19-11-15-6-4-5-7-18(15)24(25(19)32)31-30-23-14(2)10-17(13-21(23)28)38(34,35)36;/h4-13,32H,3H2,1-2H3,(H,29,33)(H,34,35,36);/q;+1/p-1. The molecule has 4 aromatic carbocycles. The molecule has 1 amide bonds. The summed E-state index contributed by atoms with van der Waals surface area (Å²) in [6.07, 6.45) is 0. The number of azo groups is 1. The van der Waals surface area contributed by atoms with Gasteiger partial charge in [0.25, 0.3) is 16.0 Å². The SMILES string of the molecule is CCOc1cc(NC(=O)c2cc3ccccc3c(N=Nc3c(C)cc(S(=O)(=O)O)cc3Cl)c2[O-])ccc1Cl.[Na+]. The predicted molar refractivity (Wildman–Crippen MR) is 144 cm³/mol. The minimum Gasteiger partial charge on any atom is -0.870 e. The summed E-state index contributed by atoms with van der Waals surface area (Å²) in [7, 11) is -4.48. The number of amides is 1. The number of nitrogens with zero attached hydrogens (tertiary/aromatic N) is 2. The Bertz CT molecular complexity index is 1690. The molecule has 0 aliphatic carbocycles. The number of carbonyl (C=O) groups excluding carboxylic acids is 1. The zero-order valence-corrected chi connectivity index (χ0v) is 25.4. The van der Waals surface area contributed by atoms with Gasteiger partial charge in [-0.2, -0.15) is 13.5 Å². The number of aryl methyl sites for hydroxylation is 1. The van der Waals surface area contributed by atoms with Gasteiger partial charge in [0.1, 0.15) is 11.4 Å². The van der Waals surface area contributed by atoms with E-state index < -0.39 is 26.7 Å². The molecule has 0 aliphatic heterocycles. The number of carbonyl (C=O) groups is 1. The molecule has 9 nitrogen and oxygen atoms in total. The molecule has 196 valence electrons.